The molecule has 20 heavy (non-hydrogen) atoms. The fourth-order valence-corrected chi connectivity index (χ4v) is 4.46. The Balaban J connectivity index is 1.96. The maximum atomic E-state index is 12.2. The molecule has 0 saturated heterocycles. The number of rotatable bonds is 6. The molecule has 0 spiro atoms. The molecular formula is C13H22N2O3S2. The van der Waals surface area contributed by atoms with E-state index < -0.39 is 10.0 Å². The van der Waals surface area contributed by atoms with Gasteiger partial charge in [-0.05, 0) is 51.1 Å². The van der Waals surface area contributed by atoms with Crippen LogP contribution in [0.3, 0.4) is 0 Å². The molecule has 0 aliphatic heterocycles. The zero-order valence-electron chi connectivity index (χ0n) is 11.9. The molecule has 1 aromatic rings. The average molecular weight is 318 g/mol. The summed E-state index contributed by atoms with van der Waals surface area (Å²) in [5.74, 6) is 0.624. The highest BCUT2D eigenvalue weighted by Crippen LogP contribution is 2.27. The highest BCUT2D eigenvalue weighted by molar-refractivity contribution is 7.99. The number of hydrogen-bond donors (Lipinski definition) is 2. The van der Waals surface area contributed by atoms with E-state index >= 15 is 0 Å². The summed E-state index contributed by atoms with van der Waals surface area (Å²) in [6.45, 7) is 0.522. The van der Waals surface area contributed by atoms with E-state index in [9.17, 15) is 8.42 Å². The van der Waals surface area contributed by atoms with Gasteiger partial charge in [-0.15, -0.1) is 0 Å². The molecule has 7 heteroatoms. The van der Waals surface area contributed by atoms with Crippen LogP contribution in [0.5, 0.6) is 0 Å². The zero-order valence-corrected chi connectivity index (χ0v) is 13.5. The summed E-state index contributed by atoms with van der Waals surface area (Å²) in [6, 6.07) is 3.24. The second kappa shape index (κ2) is 6.98. The van der Waals surface area contributed by atoms with Gasteiger partial charge in [-0.2, -0.15) is 11.8 Å². The number of thioether (sulfide) groups is 1. The van der Waals surface area contributed by atoms with E-state index in [1.165, 1.54) is 6.07 Å². The van der Waals surface area contributed by atoms with Gasteiger partial charge >= 0.3 is 0 Å². The first-order chi connectivity index (χ1) is 9.55. The van der Waals surface area contributed by atoms with E-state index in [1.807, 2.05) is 11.8 Å². The van der Waals surface area contributed by atoms with Crippen molar-refractivity contribution in [2.24, 2.45) is 0 Å². The van der Waals surface area contributed by atoms with Crippen molar-refractivity contribution >= 4 is 21.8 Å². The highest BCUT2D eigenvalue weighted by Gasteiger charge is 2.27. The number of furan rings is 1. The number of nitrogens with one attached hydrogen (secondary N) is 2. The molecule has 1 aliphatic carbocycles. The van der Waals surface area contributed by atoms with Crippen LogP contribution >= 0.6 is 11.8 Å². The van der Waals surface area contributed by atoms with Gasteiger partial charge in [-0.1, -0.05) is 0 Å². The van der Waals surface area contributed by atoms with Crippen LogP contribution in [0.25, 0.3) is 0 Å². The molecule has 5 nitrogen and oxygen atoms in total. The smallest absolute Gasteiger partial charge is 0.274 e. The summed E-state index contributed by atoms with van der Waals surface area (Å²) < 4.78 is 32.6. The van der Waals surface area contributed by atoms with E-state index in [1.54, 1.807) is 13.1 Å². The van der Waals surface area contributed by atoms with Crippen molar-refractivity contribution in [1.29, 1.82) is 0 Å². The third-order valence-corrected chi connectivity index (χ3v) is 6.11. The van der Waals surface area contributed by atoms with Crippen molar-refractivity contribution in [1.82, 2.24) is 10.0 Å². The van der Waals surface area contributed by atoms with Crippen molar-refractivity contribution in [3.63, 3.8) is 0 Å². The molecule has 1 aromatic heterocycles. The highest BCUT2D eigenvalue weighted by atomic mass is 32.2. The molecule has 1 fully saturated rings. The van der Waals surface area contributed by atoms with Gasteiger partial charge in [0.15, 0.2) is 0 Å². The second-order valence-electron chi connectivity index (χ2n) is 5.08. The second-order valence-corrected chi connectivity index (χ2v) is 7.86. The standard InChI is InChI=1S/C13H22N2O3S2/c1-14-9-11-5-8-13(18-11)20(16,17)15-10-3-6-12(19-2)7-4-10/h5,8,10,12,14-15H,3-4,6-7,9H2,1-2H3. The lowest BCUT2D eigenvalue weighted by molar-refractivity contribution is 0.388. The minimum atomic E-state index is -3.53. The fraction of sp³-hybridized carbons (Fsp3) is 0.692. The first-order valence-corrected chi connectivity index (χ1v) is 9.60. The maximum absolute atomic E-state index is 12.2. The van der Waals surface area contributed by atoms with Crippen LogP contribution in [-0.2, 0) is 16.6 Å². The first kappa shape index (κ1) is 15.9. The van der Waals surface area contributed by atoms with Gasteiger partial charge in [-0.3, -0.25) is 0 Å². The Labute approximate surface area is 124 Å². The van der Waals surface area contributed by atoms with Crippen LogP contribution in [0.1, 0.15) is 31.4 Å². The molecule has 0 radical (unpaired) electrons. The summed E-state index contributed by atoms with van der Waals surface area (Å²) in [5, 5.41) is 3.61. The summed E-state index contributed by atoms with van der Waals surface area (Å²) in [4.78, 5) is 0. The summed E-state index contributed by atoms with van der Waals surface area (Å²) in [7, 11) is -1.74. The van der Waals surface area contributed by atoms with Crippen LogP contribution in [-0.4, -0.2) is 33.0 Å². The Morgan fingerprint density at radius 1 is 1.30 bits per heavy atom. The number of sulfonamides is 1. The lowest BCUT2D eigenvalue weighted by Crippen LogP contribution is -2.37. The van der Waals surface area contributed by atoms with Crippen LogP contribution in [0.15, 0.2) is 21.6 Å². The lowest BCUT2D eigenvalue weighted by atomic mass is 9.96. The Bertz CT molecular complexity index is 519. The van der Waals surface area contributed by atoms with Gasteiger partial charge in [0.25, 0.3) is 10.0 Å². The van der Waals surface area contributed by atoms with Gasteiger partial charge in [0.1, 0.15) is 5.76 Å². The predicted octanol–water partition coefficient (Wildman–Crippen LogP) is 1.95. The third-order valence-electron chi connectivity index (χ3n) is 3.58. The van der Waals surface area contributed by atoms with E-state index in [2.05, 4.69) is 16.3 Å². The normalized spacial score (nSPS) is 23.9. The molecular weight excluding hydrogens is 296 g/mol. The molecule has 0 amide bonds. The Morgan fingerprint density at radius 3 is 2.60 bits per heavy atom. The minimum Gasteiger partial charge on any atom is -0.447 e. The molecule has 0 bridgehead atoms. The number of hydrogen-bond acceptors (Lipinski definition) is 5. The van der Waals surface area contributed by atoms with Crippen molar-refractivity contribution in [2.75, 3.05) is 13.3 Å². The van der Waals surface area contributed by atoms with Crippen molar-refractivity contribution < 1.29 is 12.8 Å². The molecule has 2 N–H and O–H groups in total. The Morgan fingerprint density at radius 2 is 2.00 bits per heavy atom. The van der Waals surface area contributed by atoms with Crippen LogP contribution in [0.4, 0.5) is 0 Å². The molecule has 1 saturated carbocycles. The monoisotopic (exact) mass is 318 g/mol. The molecule has 1 aliphatic rings. The molecule has 0 unspecified atom stereocenters. The largest absolute Gasteiger partial charge is 0.447 e. The molecule has 0 aromatic carbocycles. The average Bonchev–Trinajstić information content (AvgIpc) is 2.89. The van der Waals surface area contributed by atoms with Gasteiger partial charge in [-0.25, -0.2) is 13.1 Å². The Kier molecular flexibility index (Phi) is 5.54. The summed E-state index contributed by atoms with van der Waals surface area (Å²) in [5.41, 5.74) is 0. The van der Waals surface area contributed by atoms with Crippen LogP contribution in [0, 0.1) is 0 Å². The SMILES string of the molecule is CNCc1ccc(S(=O)(=O)NC2CCC(SC)CC2)o1. The van der Waals surface area contributed by atoms with E-state index in [0.717, 1.165) is 25.7 Å². The van der Waals surface area contributed by atoms with Gasteiger partial charge in [0.2, 0.25) is 5.09 Å². The fourth-order valence-electron chi connectivity index (χ4n) is 2.47. The molecule has 114 valence electrons. The van der Waals surface area contributed by atoms with Crippen molar-refractivity contribution in [2.45, 2.75) is 48.6 Å². The molecule has 2 rings (SSSR count). The third kappa shape index (κ3) is 4.00. The van der Waals surface area contributed by atoms with Gasteiger partial charge in [0.05, 0.1) is 6.54 Å². The van der Waals surface area contributed by atoms with Crippen LogP contribution < -0.4 is 10.0 Å². The van der Waals surface area contributed by atoms with Gasteiger partial charge in [0, 0.05) is 11.3 Å². The maximum Gasteiger partial charge on any atom is 0.274 e. The lowest BCUT2D eigenvalue weighted by Gasteiger charge is -2.27. The molecule has 1 heterocycles. The topological polar surface area (TPSA) is 71.3 Å². The Hall–Kier alpha value is -0.500. The van der Waals surface area contributed by atoms with Crippen molar-refractivity contribution in [3.8, 4) is 0 Å². The zero-order chi connectivity index (χ0) is 14.6. The predicted molar refractivity (Wildman–Crippen MR) is 81.4 cm³/mol. The quantitative estimate of drug-likeness (QED) is 0.839. The summed E-state index contributed by atoms with van der Waals surface area (Å²) in [6.07, 6.45) is 6.04. The van der Waals surface area contributed by atoms with E-state index in [0.29, 0.717) is 17.6 Å². The first-order valence-electron chi connectivity index (χ1n) is 6.83. The van der Waals surface area contributed by atoms with Crippen LogP contribution in [0.2, 0.25) is 0 Å². The van der Waals surface area contributed by atoms with E-state index in [4.69, 9.17) is 4.42 Å². The van der Waals surface area contributed by atoms with Crippen molar-refractivity contribution in [3.05, 3.63) is 17.9 Å². The van der Waals surface area contributed by atoms with E-state index in [-0.39, 0.29) is 11.1 Å². The molecule has 0 atom stereocenters. The minimum absolute atomic E-state index is 0.00902. The summed E-state index contributed by atoms with van der Waals surface area (Å²) >= 11 is 1.87. The van der Waals surface area contributed by atoms with Gasteiger partial charge < -0.3 is 9.73 Å².